The van der Waals surface area contributed by atoms with Crippen LogP contribution in [0.1, 0.15) is 19.4 Å². The third-order valence-electron chi connectivity index (χ3n) is 2.59. The summed E-state index contributed by atoms with van der Waals surface area (Å²) < 4.78 is 5.23. The molecule has 0 spiro atoms. The van der Waals surface area contributed by atoms with Gasteiger partial charge in [-0.25, -0.2) is 4.79 Å². The van der Waals surface area contributed by atoms with E-state index in [0.29, 0.717) is 24.6 Å². The maximum Gasteiger partial charge on any atom is 0.315 e. The van der Waals surface area contributed by atoms with E-state index in [1.165, 1.54) is 0 Å². The Morgan fingerprint density at radius 1 is 1.42 bits per heavy atom. The Morgan fingerprint density at radius 3 is 2.63 bits per heavy atom. The third kappa shape index (κ3) is 5.33. The fraction of sp³-hybridized carbons (Fsp3) is 0.357. The summed E-state index contributed by atoms with van der Waals surface area (Å²) in [7, 11) is 0. The summed E-state index contributed by atoms with van der Waals surface area (Å²) >= 11 is 0. The van der Waals surface area contributed by atoms with Gasteiger partial charge >= 0.3 is 6.03 Å². The molecule has 0 fully saturated rings. The number of benzene rings is 1. The average molecular weight is 263 g/mol. The molecule has 1 atom stereocenters. The number of carbonyl (C=O) groups is 1. The molecule has 1 aromatic carbocycles. The van der Waals surface area contributed by atoms with Crippen molar-refractivity contribution in [3.05, 3.63) is 42.2 Å². The summed E-state index contributed by atoms with van der Waals surface area (Å²) in [6, 6.07) is 6.86. The molecule has 1 aromatic rings. The second-order valence-corrected chi connectivity index (χ2v) is 4.19. The van der Waals surface area contributed by atoms with Crippen molar-refractivity contribution < 1.29 is 9.53 Å². The number of nitrogen functional groups attached to an aromatic ring is 1. The molecule has 0 aromatic heterocycles. The van der Waals surface area contributed by atoms with Crippen molar-refractivity contribution in [2.24, 2.45) is 0 Å². The van der Waals surface area contributed by atoms with Crippen LogP contribution in [0, 0.1) is 0 Å². The first-order chi connectivity index (χ1) is 9.02. The van der Waals surface area contributed by atoms with Crippen LogP contribution in [0.5, 0.6) is 0 Å². The Labute approximate surface area is 113 Å². The van der Waals surface area contributed by atoms with Crippen molar-refractivity contribution in [1.82, 2.24) is 10.6 Å². The maximum atomic E-state index is 11.7. The van der Waals surface area contributed by atoms with Crippen LogP contribution in [0.4, 0.5) is 10.5 Å². The van der Waals surface area contributed by atoms with Crippen molar-refractivity contribution in [2.75, 3.05) is 12.3 Å². The first-order valence-corrected chi connectivity index (χ1v) is 6.23. The maximum absolute atomic E-state index is 11.7. The number of urea groups is 1. The SMILES string of the molecule is C=C(OCC)C(C)NC(=O)NCc1ccc(N)cc1. The molecule has 5 heteroatoms. The lowest BCUT2D eigenvalue weighted by atomic mass is 10.2. The minimum atomic E-state index is -0.259. The highest BCUT2D eigenvalue weighted by Gasteiger charge is 2.10. The van der Waals surface area contributed by atoms with E-state index < -0.39 is 0 Å². The van der Waals surface area contributed by atoms with Crippen LogP contribution in [-0.4, -0.2) is 18.7 Å². The van der Waals surface area contributed by atoms with E-state index in [1.807, 2.05) is 26.0 Å². The first kappa shape index (κ1) is 14.9. The number of hydrogen-bond donors (Lipinski definition) is 3. The van der Waals surface area contributed by atoms with E-state index >= 15 is 0 Å². The summed E-state index contributed by atoms with van der Waals surface area (Å²) in [5.41, 5.74) is 7.28. The number of nitrogens with two attached hydrogens (primary N) is 1. The van der Waals surface area contributed by atoms with Gasteiger partial charge in [-0.3, -0.25) is 0 Å². The summed E-state index contributed by atoms with van der Waals surface area (Å²) in [5, 5.41) is 5.51. The van der Waals surface area contributed by atoms with Gasteiger partial charge in [0.15, 0.2) is 0 Å². The molecule has 0 saturated carbocycles. The predicted octanol–water partition coefficient (Wildman–Crippen LogP) is 2.01. The standard InChI is InChI=1S/C14H21N3O2/c1-4-19-11(3)10(2)17-14(18)16-9-12-5-7-13(15)8-6-12/h5-8,10H,3-4,9,15H2,1-2H3,(H2,16,17,18). The molecule has 0 aliphatic carbocycles. The molecular formula is C14H21N3O2. The van der Waals surface area contributed by atoms with Crippen LogP contribution in [0.15, 0.2) is 36.6 Å². The molecule has 0 radical (unpaired) electrons. The lowest BCUT2D eigenvalue weighted by Crippen LogP contribution is -2.41. The Morgan fingerprint density at radius 2 is 2.05 bits per heavy atom. The van der Waals surface area contributed by atoms with Crippen molar-refractivity contribution >= 4 is 11.7 Å². The summed E-state index contributed by atoms with van der Waals surface area (Å²) in [6.45, 7) is 8.43. The summed E-state index contributed by atoms with van der Waals surface area (Å²) in [4.78, 5) is 11.7. The van der Waals surface area contributed by atoms with Crippen LogP contribution in [0.2, 0.25) is 0 Å². The number of nitrogens with one attached hydrogen (secondary N) is 2. The predicted molar refractivity (Wildman–Crippen MR) is 76.5 cm³/mol. The van der Waals surface area contributed by atoms with E-state index in [1.54, 1.807) is 12.1 Å². The lowest BCUT2D eigenvalue weighted by molar-refractivity contribution is 0.199. The van der Waals surface area contributed by atoms with Crippen molar-refractivity contribution in [1.29, 1.82) is 0 Å². The zero-order valence-electron chi connectivity index (χ0n) is 11.4. The molecule has 19 heavy (non-hydrogen) atoms. The van der Waals surface area contributed by atoms with Gasteiger partial charge in [0, 0.05) is 12.2 Å². The van der Waals surface area contributed by atoms with Gasteiger partial charge in [0.05, 0.1) is 12.6 Å². The molecule has 1 unspecified atom stereocenters. The molecule has 0 aliphatic rings. The summed E-state index contributed by atoms with van der Waals surface area (Å²) in [5.74, 6) is 0.546. The average Bonchev–Trinajstić information content (AvgIpc) is 2.38. The first-order valence-electron chi connectivity index (χ1n) is 6.23. The Bertz CT molecular complexity index is 429. The minimum absolute atomic E-state index is 0.230. The molecule has 0 bridgehead atoms. The van der Waals surface area contributed by atoms with Crippen molar-refractivity contribution in [3.63, 3.8) is 0 Å². The highest BCUT2D eigenvalue weighted by atomic mass is 16.5. The van der Waals surface area contributed by atoms with Crippen molar-refractivity contribution in [2.45, 2.75) is 26.4 Å². The molecule has 4 N–H and O–H groups in total. The van der Waals surface area contributed by atoms with E-state index in [2.05, 4.69) is 17.2 Å². The zero-order valence-corrected chi connectivity index (χ0v) is 11.4. The van der Waals surface area contributed by atoms with E-state index in [-0.39, 0.29) is 12.1 Å². The number of amides is 2. The molecule has 0 aliphatic heterocycles. The number of anilines is 1. The molecule has 5 nitrogen and oxygen atoms in total. The normalized spacial score (nSPS) is 11.5. The lowest BCUT2D eigenvalue weighted by Gasteiger charge is -2.17. The quantitative estimate of drug-likeness (QED) is 0.543. The minimum Gasteiger partial charge on any atom is -0.497 e. The van der Waals surface area contributed by atoms with E-state index in [4.69, 9.17) is 10.5 Å². The highest BCUT2D eigenvalue weighted by Crippen LogP contribution is 2.05. The van der Waals surface area contributed by atoms with Gasteiger partial charge in [-0.05, 0) is 31.5 Å². The number of hydrogen-bond acceptors (Lipinski definition) is 3. The van der Waals surface area contributed by atoms with E-state index in [9.17, 15) is 4.79 Å². The van der Waals surface area contributed by atoms with Gasteiger partial charge in [-0.15, -0.1) is 0 Å². The smallest absolute Gasteiger partial charge is 0.315 e. The van der Waals surface area contributed by atoms with Gasteiger partial charge in [0.1, 0.15) is 5.76 Å². The molecule has 104 valence electrons. The van der Waals surface area contributed by atoms with Crippen LogP contribution < -0.4 is 16.4 Å². The topological polar surface area (TPSA) is 76.4 Å². The molecular weight excluding hydrogens is 242 g/mol. The van der Waals surface area contributed by atoms with Crippen LogP contribution in [0.3, 0.4) is 0 Å². The van der Waals surface area contributed by atoms with Gasteiger partial charge in [-0.1, -0.05) is 18.7 Å². The van der Waals surface area contributed by atoms with Crippen LogP contribution >= 0.6 is 0 Å². The highest BCUT2D eigenvalue weighted by molar-refractivity contribution is 5.74. The second-order valence-electron chi connectivity index (χ2n) is 4.19. The van der Waals surface area contributed by atoms with Gasteiger partial charge in [0.25, 0.3) is 0 Å². The second kappa shape index (κ2) is 7.31. The Balaban J connectivity index is 2.35. The number of carbonyl (C=O) groups excluding carboxylic acids is 1. The summed E-state index contributed by atoms with van der Waals surface area (Å²) in [6.07, 6.45) is 0. The fourth-order valence-corrected chi connectivity index (χ4v) is 1.46. The number of rotatable bonds is 6. The molecule has 0 heterocycles. The monoisotopic (exact) mass is 263 g/mol. The van der Waals surface area contributed by atoms with Gasteiger partial charge in [0.2, 0.25) is 0 Å². The van der Waals surface area contributed by atoms with Crippen LogP contribution in [-0.2, 0) is 11.3 Å². The van der Waals surface area contributed by atoms with Crippen molar-refractivity contribution in [3.8, 4) is 0 Å². The Hall–Kier alpha value is -2.17. The molecule has 1 rings (SSSR count). The molecule has 2 amide bonds. The van der Waals surface area contributed by atoms with Gasteiger partial charge in [-0.2, -0.15) is 0 Å². The Kier molecular flexibility index (Phi) is 5.73. The molecule has 0 saturated heterocycles. The largest absolute Gasteiger partial charge is 0.497 e. The fourth-order valence-electron chi connectivity index (χ4n) is 1.46. The van der Waals surface area contributed by atoms with E-state index in [0.717, 1.165) is 5.56 Å². The zero-order chi connectivity index (χ0) is 14.3. The number of ether oxygens (including phenoxy) is 1. The third-order valence-corrected chi connectivity index (χ3v) is 2.59. The van der Waals surface area contributed by atoms with Gasteiger partial charge < -0.3 is 21.1 Å². The van der Waals surface area contributed by atoms with Crippen LogP contribution in [0.25, 0.3) is 0 Å².